The van der Waals surface area contributed by atoms with E-state index in [0.29, 0.717) is 6.54 Å². The fourth-order valence-corrected chi connectivity index (χ4v) is 1.34. The van der Waals surface area contributed by atoms with Crippen molar-refractivity contribution in [1.82, 2.24) is 5.32 Å². The van der Waals surface area contributed by atoms with E-state index in [1.807, 2.05) is 52.0 Å². The van der Waals surface area contributed by atoms with E-state index < -0.39 is 0 Å². The molecule has 0 atom stereocenters. The third-order valence-electron chi connectivity index (χ3n) is 2.32. The van der Waals surface area contributed by atoms with Crippen LogP contribution in [0.3, 0.4) is 0 Å². The van der Waals surface area contributed by atoms with Gasteiger partial charge in [-0.3, -0.25) is 0 Å². The largest absolute Gasteiger partial charge is 0.497 e. The van der Waals surface area contributed by atoms with Crippen LogP contribution in [-0.4, -0.2) is 34.2 Å². The first-order valence-electron chi connectivity index (χ1n) is 7.19. The maximum Gasteiger partial charge on any atom is 0.169 e. The van der Waals surface area contributed by atoms with E-state index in [-0.39, 0.29) is 6.29 Å². The Labute approximate surface area is 124 Å². The molecule has 0 spiro atoms. The Kier molecular flexibility index (Phi) is 16.9. The fourth-order valence-electron chi connectivity index (χ4n) is 1.34. The van der Waals surface area contributed by atoms with Gasteiger partial charge >= 0.3 is 0 Å². The highest BCUT2D eigenvalue weighted by atomic mass is 16.7. The monoisotopic (exact) mass is 285 g/mol. The molecule has 118 valence electrons. The Balaban J connectivity index is 0. The molecule has 0 aliphatic carbocycles. The van der Waals surface area contributed by atoms with Crippen LogP contribution in [0.25, 0.3) is 0 Å². The van der Waals surface area contributed by atoms with Gasteiger partial charge in [-0.15, -0.1) is 0 Å². The van der Waals surface area contributed by atoms with Gasteiger partial charge in [0.15, 0.2) is 6.29 Å². The van der Waals surface area contributed by atoms with Crippen LogP contribution in [0.5, 0.6) is 5.75 Å². The molecule has 0 aromatic heterocycles. The van der Waals surface area contributed by atoms with Gasteiger partial charge in [-0.1, -0.05) is 39.8 Å². The average Bonchev–Trinajstić information content (AvgIpc) is 2.56. The molecule has 0 amide bonds. The predicted octanol–water partition coefficient (Wildman–Crippen LogP) is 3.46. The molecule has 4 heteroatoms. The second-order valence-electron chi connectivity index (χ2n) is 3.38. The normalized spacial score (nSPS) is 9.20. The summed E-state index contributed by atoms with van der Waals surface area (Å²) in [7, 11) is 4.92. The number of methoxy groups -OCH3 is 3. The average molecular weight is 285 g/mol. The van der Waals surface area contributed by atoms with E-state index in [1.165, 1.54) is 5.56 Å². The Morgan fingerprint density at radius 1 is 0.900 bits per heavy atom. The van der Waals surface area contributed by atoms with Gasteiger partial charge in [0.2, 0.25) is 0 Å². The van der Waals surface area contributed by atoms with Crippen molar-refractivity contribution in [2.75, 3.05) is 27.9 Å². The van der Waals surface area contributed by atoms with Crippen molar-refractivity contribution in [1.29, 1.82) is 0 Å². The molecule has 1 N–H and O–H groups in total. The maximum absolute atomic E-state index is 5.09. The highest BCUT2D eigenvalue weighted by Gasteiger charge is 2.03. The molecule has 1 rings (SSSR count). The molecule has 1 aromatic carbocycles. The van der Waals surface area contributed by atoms with E-state index in [1.54, 1.807) is 21.3 Å². The van der Waals surface area contributed by atoms with Crippen molar-refractivity contribution in [3.05, 3.63) is 29.8 Å². The fraction of sp³-hybridized carbons (Fsp3) is 0.625. The zero-order valence-electron chi connectivity index (χ0n) is 14.0. The van der Waals surface area contributed by atoms with E-state index in [2.05, 4.69) is 5.32 Å². The lowest BCUT2D eigenvalue weighted by Gasteiger charge is -2.14. The van der Waals surface area contributed by atoms with Crippen molar-refractivity contribution in [2.24, 2.45) is 0 Å². The molecule has 0 saturated carbocycles. The van der Waals surface area contributed by atoms with Gasteiger partial charge in [0.25, 0.3) is 0 Å². The van der Waals surface area contributed by atoms with Crippen LogP contribution < -0.4 is 10.1 Å². The first-order chi connectivity index (χ1) is 9.80. The van der Waals surface area contributed by atoms with Gasteiger partial charge in [0.1, 0.15) is 5.75 Å². The summed E-state index contributed by atoms with van der Waals surface area (Å²) in [6.45, 7) is 9.45. The van der Waals surface area contributed by atoms with Crippen LogP contribution in [0.15, 0.2) is 24.3 Å². The van der Waals surface area contributed by atoms with Crippen LogP contribution in [0.1, 0.15) is 33.3 Å². The van der Waals surface area contributed by atoms with E-state index >= 15 is 0 Å². The Bertz CT molecular complexity index is 284. The quantitative estimate of drug-likeness (QED) is 0.779. The Morgan fingerprint density at radius 2 is 1.40 bits per heavy atom. The summed E-state index contributed by atoms with van der Waals surface area (Å²) in [5.41, 5.74) is 1.20. The van der Waals surface area contributed by atoms with Gasteiger partial charge in [-0.2, -0.15) is 0 Å². The Morgan fingerprint density at radius 3 is 1.80 bits per heavy atom. The first-order valence-corrected chi connectivity index (χ1v) is 7.19. The zero-order valence-corrected chi connectivity index (χ0v) is 14.0. The third kappa shape index (κ3) is 9.78. The van der Waals surface area contributed by atoms with Gasteiger partial charge in [-0.05, 0) is 17.7 Å². The summed E-state index contributed by atoms with van der Waals surface area (Å²) in [5.74, 6) is 0.871. The number of benzene rings is 1. The van der Waals surface area contributed by atoms with Crippen molar-refractivity contribution in [2.45, 2.75) is 40.5 Å². The van der Waals surface area contributed by atoms with Crippen LogP contribution in [-0.2, 0) is 16.0 Å². The third-order valence-corrected chi connectivity index (χ3v) is 2.32. The van der Waals surface area contributed by atoms with Crippen molar-refractivity contribution < 1.29 is 14.2 Å². The molecule has 0 saturated heterocycles. The molecule has 0 bridgehead atoms. The molecule has 20 heavy (non-hydrogen) atoms. The van der Waals surface area contributed by atoms with Gasteiger partial charge in [0, 0.05) is 27.3 Å². The SMILES string of the molecule is CC.CC.COc1ccc(CNCC(OC)OC)cc1. The standard InChI is InChI=1S/C12H19NO3.2C2H6/c1-14-11-6-4-10(5-7-11)8-13-9-12(15-2)16-3;2*1-2/h4-7,12-13H,8-9H2,1-3H3;2*1-2H3. The lowest BCUT2D eigenvalue weighted by atomic mass is 10.2. The van der Waals surface area contributed by atoms with Gasteiger partial charge in [-0.25, -0.2) is 0 Å². The number of hydrogen-bond acceptors (Lipinski definition) is 4. The number of rotatable bonds is 7. The molecule has 0 fully saturated rings. The molecular formula is C16H31NO3. The zero-order chi connectivity index (χ0) is 15.8. The smallest absolute Gasteiger partial charge is 0.169 e. The summed E-state index contributed by atoms with van der Waals surface area (Å²) < 4.78 is 15.2. The van der Waals surface area contributed by atoms with Crippen LogP contribution in [0, 0.1) is 0 Å². The molecule has 0 radical (unpaired) electrons. The second kappa shape index (κ2) is 16.0. The Hall–Kier alpha value is -1.10. The van der Waals surface area contributed by atoms with Gasteiger partial charge in [0.05, 0.1) is 7.11 Å². The minimum atomic E-state index is -0.196. The van der Waals surface area contributed by atoms with E-state index in [4.69, 9.17) is 14.2 Å². The molecule has 4 nitrogen and oxygen atoms in total. The van der Waals surface area contributed by atoms with Crippen LogP contribution in [0.4, 0.5) is 0 Å². The van der Waals surface area contributed by atoms with Crippen LogP contribution in [0.2, 0.25) is 0 Å². The maximum atomic E-state index is 5.09. The minimum Gasteiger partial charge on any atom is -0.497 e. The van der Waals surface area contributed by atoms with Crippen molar-refractivity contribution in [3.63, 3.8) is 0 Å². The first kappa shape index (κ1) is 21.2. The number of ether oxygens (including phenoxy) is 3. The molecular weight excluding hydrogens is 254 g/mol. The molecule has 0 heterocycles. The lowest BCUT2D eigenvalue weighted by molar-refractivity contribution is -0.0989. The lowest BCUT2D eigenvalue weighted by Crippen LogP contribution is -2.29. The predicted molar refractivity (Wildman–Crippen MR) is 85.2 cm³/mol. The summed E-state index contributed by atoms with van der Waals surface area (Å²) in [4.78, 5) is 0. The molecule has 1 aromatic rings. The molecule has 0 unspecified atom stereocenters. The summed E-state index contributed by atoms with van der Waals surface area (Å²) in [6.07, 6.45) is -0.196. The van der Waals surface area contributed by atoms with Crippen molar-refractivity contribution >= 4 is 0 Å². The van der Waals surface area contributed by atoms with Gasteiger partial charge < -0.3 is 19.5 Å². The number of nitrogens with one attached hydrogen (secondary N) is 1. The number of hydrogen-bond donors (Lipinski definition) is 1. The minimum absolute atomic E-state index is 0.196. The van der Waals surface area contributed by atoms with Crippen LogP contribution >= 0.6 is 0 Å². The highest BCUT2D eigenvalue weighted by molar-refractivity contribution is 5.26. The molecule has 0 aliphatic heterocycles. The highest BCUT2D eigenvalue weighted by Crippen LogP contribution is 2.10. The second-order valence-corrected chi connectivity index (χ2v) is 3.38. The topological polar surface area (TPSA) is 39.7 Å². The summed E-state index contributed by atoms with van der Waals surface area (Å²) in [6, 6.07) is 7.95. The summed E-state index contributed by atoms with van der Waals surface area (Å²) in [5, 5.41) is 3.25. The van der Waals surface area contributed by atoms with E-state index in [9.17, 15) is 0 Å². The van der Waals surface area contributed by atoms with E-state index in [0.717, 1.165) is 12.3 Å². The molecule has 0 aliphatic rings. The summed E-state index contributed by atoms with van der Waals surface area (Å²) >= 11 is 0. The van der Waals surface area contributed by atoms with Crippen molar-refractivity contribution in [3.8, 4) is 5.75 Å².